The highest BCUT2D eigenvalue weighted by atomic mass is 32.2. The van der Waals surface area contributed by atoms with Crippen molar-refractivity contribution in [1.29, 1.82) is 0 Å². The van der Waals surface area contributed by atoms with Gasteiger partial charge >= 0.3 is 0 Å². The zero-order valence-corrected chi connectivity index (χ0v) is 29.7. The average Bonchev–Trinajstić information content (AvgIpc) is 3.56. The molecule has 4 heteroatoms. The maximum Gasteiger partial charge on any atom is 0.0745 e. The van der Waals surface area contributed by atoms with Crippen molar-refractivity contribution in [2.45, 2.75) is 25.0 Å². The molecule has 2 aromatic heterocycles. The first-order chi connectivity index (χ1) is 25.8. The molecular weight excluding hydrogens is 669 g/mol. The smallest absolute Gasteiger partial charge is 0.0745 e. The summed E-state index contributed by atoms with van der Waals surface area (Å²) in [6.45, 7) is 0. The van der Waals surface area contributed by atoms with Gasteiger partial charge in [0, 0.05) is 47.8 Å². The van der Waals surface area contributed by atoms with Gasteiger partial charge in [0.2, 0.25) is 0 Å². The van der Waals surface area contributed by atoms with E-state index in [4.69, 9.17) is 4.98 Å². The molecule has 2 aliphatic rings. The van der Waals surface area contributed by atoms with Gasteiger partial charge in [-0.25, -0.2) is 0 Å². The maximum absolute atomic E-state index is 4.72. The van der Waals surface area contributed by atoms with Gasteiger partial charge in [-0.3, -0.25) is 4.98 Å². The van der Waals surface area contributed by atoms with Crippen LogP contribution >= 0.6 is 23.5 Å². The molecule has 9 aromatic rings. The van der Waals surface area contributed by atoms with Gasteiger partial charge in [0.15, 0.2) is 0 Å². The predicted molar refractivity (Wildman–Crippen MR) is 216 cm³/mol. The molecule has 0 radical (unpaired) electrons. The summed E-state index contributed by atoms with van der Waals surface area (Å²) >= 11 is 3.77. The summed E-state index contributed by atoms with van der Waals surface area (Å²) < 4.78 is 2.41. The zero-order chi connectivity index (χ0) is 34.2. The maximum atomic E-state index is 4.72. The van der Waals surface area contributed by atoms with Crippen molar-refractivity contribution in [3.05, 3.63) is 204 Å². The highest BCUT2D eigenvalue weighted by molar-refractivity contribution is 8.00. The minimum Gasteiger partial charge on any atom is -0.309 e. The topological polar surface area (TPSA) is 17.8 Å². The standard InChI is InChI=1S/C48H30N2S2/c1-2-13-33(14-3-1)50-41-20-7-4-15-35(41)47-34(16-12-21-42(47)50)31-25-27-45-39(29-31)48(36-17-5-8-22-43(36)51-44-23-9-6-18-37(44)48)38-26-24-32(30-46(38)52-45)40-19-10-11-28-49-40/h1-30H. The molecule has 0 aliphatic carbocycles. The highest BCUT2D eigenvalue weighted by Gasteiger charge is 2.49. The molecule has 0 amide bonds. The number of nitrogens with zero attached hydrogens (tertiary/aromatic N) is 2. The van der Waals surface area contributed by atoms with Crippen LogP contribution in [0.5, 0.6) is 0 Å². The fraction of sp³-hybridized carbons (Fsp3) is 0.0208. The Bertz CT molecular complexity index is 2810. The third-order valence-corrected chi connectivity index (χ3v) is 13.1. The van der Waals surface area contributed by atoms with Gasteiger partial charge in [-0.2, -0.15) is 0 Å². The van der Waals surface area contributed by atoms with Crippen molar-refractivity contribution in [2.24, 2.45) is 0 Å². The summed E-state index contributed by atoms with van der Waals surface area (Å²) in [6.07, 6.45) is 1.88. The third kappa shape index (κ3) is 4.25. The molecule has 7 aromatic carbocycles. The fourth-order valence-corrected chi connectivity index (χ4v) is 11.0. The van der Waals surface area contributed by atoms with E-state index in [0.29, 0.717) is 0 Å². The van der Waals surface area contributed by atoms with Gasteiger partial charge < -0.3 is 4.57 Å². The predicted octanol–water partition coefficient (Wildman–Crippen LogP) is 12.8. The summed E-state index contributed by atoms with van der Waals surface area (Å²) in [4.78, 5) is 9.88. The van der Waals surface area contributed by atoms with E-state index in [1.165, 1.54) is 80.5 Å². The van der Waals surface area contributed by atoms with Crippen LogP contribution in [-0.4, -0.2) is 9.55 Å². The van der Waals surface area contributed by atoms with Crippen LogP contribution < -0.4 is 0 Å². The minimum absolute atomic E-state index is 0.501. The zero-order valence-electron chi connectivity index (χ0n) is 28.0. The normalized spacial score (nSPS) is 13.8. The Kier molecular flexibility index (Phi) is 6.67. The summed E-state index contributed by atoms with van der Waals surface area (Å²) in [5.74, 6) is 0. The third-order valence-electron chi connectivity index (χ3n) is 10.8. The monoisotopic (exact) mass is 698 g/mol. The van der Waals surface area contributed by atoms with Crippen LogP contribution in [0.4, 0.5) is 0 Å². The molecule has 11 rings (SSSR count). The number of aromatic nitrogens is 2. The van der Waals surface area contributed by atoms with Gasteiger partial charge in [0.05, 0.1) is 22.1 Å². The van der Waals surface area contributed by atoms with Gasteiger partial charge in [0.25, 0.3) is 0 Å². The summed E-state index contributed by atoms with van der Waals surface area (Å²) in [7, 11) is 0. The average molecular weight is 699 g/mol. The molecule has 0 unspecified atom stereocenters. The number of hydrogen-bond acceptors (Lipinski definition) is 3. The van der Waals surface area contributed by atoms with Crippen LogP contribution in [0.2, 0.25) is 0 Å². The second-order valence-electron chi connectivity index (χ2n) is 13.5. The van der Waals surface area contributed by atoms with E-state index in [9.17, 15) is 0 Å². The molecule has 244 valence electrons. The van der Waals surface area contributed by atoms with Crippen LogP contribution in [0, 0.1) is 0 Å². The number of benzene rings is 7. The Morgan fingerprint density at radius 3 is 1.90 bits per heavy atom. The van der Waals surface area contributed by atoms with Crippen molar-refractivity contribution >= 4 is 45.3 Å². The van der Waals surface area contributed by atoms with Gasteiger partial charge in [0.1, 0.15) is 0 Å². The second-order valence-corrected chi connectivity index (χ2v) is 15.6. The van der Waals surface area contributed by atoms with E-state index in [0.717, 1.165) is 11.3 Å². The molecule has 0 saturated carbocycles. The van der Waals surface area contributed by atoms with Gasteiger partial charge in [-0.1, -0.05) is 133 Å². The number of pyridine rings is 1. The molecule has 0 bridgehead atoms. The Balaban J connectivity index is 1.21. The van der Waals surface area contributed by atoms with Crippen molar-refractivity contribution in [1.82, 2.24) is 9.55 Å². The number of fused-ring (bicyclic) bond motifs is 11. The molecule has 1 spiro atoms. The SMILES string of the molecule is c1ccc(-n2c3ccccc3c3c(-c4ccc5c(c4)C4(c6ccccc6Sc6ccccc64)c4ccc(-c6ccccn6)cc4S5)cccc32)cc1. The first kappa shape index (κ1) is 29.9. The Labute approximate surface area is 310 Å². The van der Waals surface area contributed by atoms with Crippen LogP contribution in [0.1, 0.15) is 22.3 Å². The van der Waals surface area contributed by atoms with Crippen LogP contribution in [0.3, 0.4) is 0 Å². The lowest BCUT2D eigenvalue weighted by Crippen LogP contribution is -2.36. The fourth-order valence-electron chi connectivity index (χ4n) is 8.64. The summed E-state index contributed by atoms with van der Waals surface area (Å²) in [6, 6.07) is 64.8. The van der Waals surface area contributed by atoms with Crippen molar-refractivity contribution in [2.75, 3.05) is 0 Å². The Morgan fingerprint density at radius 2 is 1.10 bits per heavy atom. The van der Waals surface area contributed by atoms with E-state index >= 15 is 0 Å². The van der Waals surface area contributed by atoms with E-state index in [1.54, 1.807) is 0 Å². The molecule has 4 heterocycles. The van der Waals surface area contributed by atoms with E-state index in [2.05, 4.69) is 174 Å². The van der Waals surface area contributed by atoms with Crippen molar-refractivity contribution < 1.29 is 0 Å². The lowest BCUT2D eigenvalue weighted by molar-refractivity contribution is 0.667. The number of hydrogen-bond donors (Lipinski definition) is 0. The summed E-state index contributed by atoms with van der Waals surface area (Å²) in [5, 5.41) is 2.54. The first-order valence-corrected chi connectivity index (χ1v) is 19.3. The number of rotatable bonds is 3. The van der Waals surface area contributed by atoms with Crippen LogP contribution in [0.15, 0.2) is 202 Å². The molecule has 2 aliphatic heterocycles. The first-order valence-electron chi connectivity index (χ1n) is 17.6. The van der Waals surface area contributed by atoms with Crippen molar-refractivity contribution in [3.63, 3.8) is 0 Å². The molecule has 0 N–H and O–H groups in total. The lowest BCUT2D eigenvalue weighted by Gasteiger charge is -2.45. The van der Waals surface area contributed by atoms with Gasteiger partial charge in [-0.15, -0.1) is 0 Å². The lowest BCUT2D eigenvalue weighted by atomic mass is 9.64. The summed E-state index contributed by atoms with van der Waals surface area (Å²) in [5.41, 5.74) is 13.0. The second kappa shape index (κ2) is 11.6. The Hall–Kier alpha value is -5.81. The quantitative estimate of drug-likeness (QED) is 0.183. The van der Waals surface area contributed by atoms with Gasteiger partial charge in [-0.05, 0) is 100 Å². The molecular formula is C48H30N2S2. The molecule has 0 fully saturated rings. The van der Waals surface area contributed by atoms with Crippen molar-refractivity contribution in [3.8, 4) is 28.1 Å². The highest BCUT2D eigenvalue weighted by Crippen LogP contribution is 2.62. The Morgan fingerprint density at radius 1 is 0.442 bits per heavy atom. The minimum atomic E-state index is -0.501. The molecule has 0 saturated heterocycles. The largest absolute Gasteiger partial charge is 0.309 e. The van der Waals surface area contributed by atoms with Crippen LogP contribution in [0.25, 0.3) is 49.9 Å². The molecule has 0 atom stereocenters. The molecule has 2 nitrogen and oxygen atoms in total. The van der Waals surface area contributed by atoms with Crippen LogP contribution in [-0.2, 0) is 5.41 Å². The molecule has 52 heavy (non-hydrogen) atoms. The van der Waals surface area contributed by atoms with E-state index in [1.807, 2.05) is 35.8 Å². The van der Waals surface area contributed by atoms with E-state index < -0.39 is 5.41 Å². The van der Waals surface area contributed by atoms with E-state index in [-0.39, 0.29) is 0 Å². The number of para-hydroxylation sites is 2.